The fourth-order valence-electron chi connectivity index (χ4n) is 3.34. The molecule has 1 aromatic heterocycles. The Hall–Kier alpha value is -3.37. The van der Waals surface area contributed by atoms with Crippen LogP contribution in [0.2, 0.25) is 0 Å². The number of aromatic nitrogens is 1. The number of hydrogen-bond donors (Lipinski definition) is 5. The first kappa shape index (κ1) is 24.9. The van der Waals surface area contributed by atoms with Crippen molar-refractivity contribution < 1.29 is 23.5 Å². The van der Waals surface area contributed by atoms with Gasteiger partial charge in [0.25, 0.3) is 11.8 Å². The maximum Gasteiger partial charge on any atom is 0.407 e. The molecule has 1 heterocycles. The van der Waals surface area contributed by atoms with Crippen molar-refractivity contribution in [2.45, 2.75) is 71.1 Å². The molecule has 1 saturated carbocycles. The van der Waals surface area contributed by atoms with Crippen LogP contribution in [0.4, 0.5) is 20.8 Å². The predicted molar refractivity (Wildman–Crippen MR) is 118 cm³/mol. The zero-order valence-corrected chi connectivity index (χ0v) is 18.8. The lowest BCUT2D eigenvalue weighted by Gasteiger charge is -2.33. The Balaban J connectivity index is 2.26. The van der Waals surface area contributed by atoms with Gasteiger partial charge in [-0.25, -0.2) is 14.2 Å². The number of halogens is 1. The Labute approximate surface area is 186 Å². The molecule has 0 aromatic carbocycles. The number of pyridine rings is 1. The van der Waals surface area contributed by atoms with E-state index in [4.69, 9.17) is 16.2 Å². The maximum absolute atomic E-state index is 14.7. The molecule has 1 fully saturated rings. The molecular weight excluding hydrogens is 419 g/mol. The zero-order valence-electron chi connectivity index (χ0n) is 18.8. The summed E-state index contributed by atoms with van der Waals surface area (Å²) in [6.07, 6.45) is 3.62. The summed E-state index contributed by atoms with van der Waals surface area (Å²) in [4.78, 5) is 40.0. The van der Waals surface area contributed by atoms with Gasteiger partial charge in [-0.3, -0.25) is 9.59 Å². The first-order valence-electron chi connectivity index (χ1n) is 10.4. The van der Waals surface area contributed by atoms with Crippen LogP contribution in [0, 0.1) is 5.82 Å². The number of carbonyl (C=O) groups is 3. The second-order valence-electron chi connectivity index (χ2n) is 8.74. The van der Waals surface area contributed by atoms with Gasteiger partial charge in [0.1, 0.15) is 11.4 Å². The molecule has 3 amide bonds. The molecule has 1 aromatic rings. The topological polar surface area (TPSA) is 161 Å². The molecule has 0 radical (unpaired) electrons. The van der Waals surface area contributed by atoms with Crippen molar-refractivity contribution in [2.75, 3.05) is 10.6 Å². The molecule has 0 spiro atoms. The van der Waals surface area contributed by atoms with Gasteiger partial charge in [0, 0.05) is 17.8 Å². The summed E-state index contributed by atoms with van der Waals surface area (Å²) in [5, 5.41) is 8.21. The number of amides is 3. The molecule has 2 atom stereocenters. The van der Waals surface area contributed by atoms with E-state index in [2.05, 4.69) is 20.9 Å². The highest BCUT2D eigenvalue weighted by Gasteiger charge is 2.30. The number of anilines is 2. The number of rotatable bonds is 6. The maximum atomic E-state index is 14.7. The van der Waals surface area contributed by atoms with Crippen LogP contribution >= 0.6 is 0 Å². The summed E-state index contributed by atoms with van der Waals surface area (Å²) < 4.78 is 20.0. The smallest absolute Gasteiger partial charge is 0.407 e. The summed E-state index contributed by atoms with van der Waals surface area (Å²) >= 11 is 0. The largest absolute Gasteiger partial charge is 0.444 e. The summed E-state index contributed by atoms with van der Waals surface area (Å²) in [6.45, 7) is 6.81. The Morgan fingerprint density at radius 3 is 2.34 bits per heavy atom. The predicted octanol–water partition coefficient (Wildman–Crippen LogP) is 2.37. The number of nitrogens with zero attached hydrogens (tertiary/aromatic N) is 1. The van der Waals surface area contributed by atoms with Gasteiger partial charge in [0.05, 0.1) is 11.6 Å². The fraction of sp³-hybridized carbons (Fsp3) is 0.524. The van der Waals surface area contributed by atoms with Gasteiger partial charge in [0.15, 0.2) is 11.6 Å². The second-order valence-corrected chi connectivity index (χ2v) is 8.74. The third-order valence-electron chi connectivity index (χ3n) is 4.63. The van der Waals surface area contributed by atoms with Gasteiger partial charge < -0.3 is 32.2 Å². The van der Waals surface area contributed by atoms with Gasteiger partial charge in [0.2, 0.25) is 0 Å². The number of hydrogen-bond acceptors (Lipinski definition) is 7. The van der Waals surface area contributed by atoms with E-state index in [0.29, 0.717) is 12.8 Å². The average Bonchev–Trinajstić information content (AvgIpc) is 2.63. The highest BCUT2D eigenvalue weighted by molar-refractivity contribution is 6.05. The van der Waals surface area contributed by atoms with Crippen LogP contribution in [0.15, 0.2) is 17.8 Å². The number of allylic oxidation sites excluding steroid dienone is 1. The van der Waals surface area contributed by atoms with Gasteiger partial charge in [-0.2, -0.15) is 0 Å². The Kier molecular flexibility index (Phi) is 8.01. The molecule has 11 heteroatoms. The van der Waals surface area contributed by atoms with Crippen LogP contribution in [-0.2, 0) is 9.53 Å². The van der Waals surface area contributed by atoms with Crippen molar-refractivity contribution in [2.24, 2.45) is 11.5 Å². The molecule has 0 unspecified atom stereocenters. The van der Waals surface area contributed by atoms with Gasteiger partial charge in [-0.15, -0.1) is 0 Å². The first-order chi connectivity index (χ1) is 14.9. The molecule has 32 heavy (non-hydrogen) atoms. The summed E-state index contributed by atoms with van der Waals surface area (Å²) in [7, 11) is 0. The number of nitrogens with two attached hydrogens (primary N) is 2. The SMILES string of the molecule is CC(N)=CC(=O)Nc1nc(N[C@@H]2CCCC[C@@H]2NC(=O)OC(C)(C)C)c(F)cc1C(N)=O. The van der Waals surface area contributed by atoms with E-state index in [1.165, 1.54) is 6.92 Å². The highest BCUT2D eigenvalue weighted by Crippen LogP contribution is 2.26. The molecule has 1 aliphatic carbocycles. The number of carbonyl (C=O) groups excluding carboxylic acids is 3. The van der Waals surface area contributed by atoms with Crippen molar-refractivity contribution in [1.82, 2.24) is 10.3 Å². The molecule has 10 nitrogen and oxygen atoms in total. The summed E-state index contributed by atoms with van der Waals surface area (Å²) in [6, 6.07) is 0.245. The molecule has 1 aliphatic rings. The van der Waals surface area contributed by atoms with E-state index >= 15 is 0 Å². The highest BCUT2D eigenvalue weighted by atomic mass is 19.1. The van der Waals surface area contributed by atoms with Crippen LogP contribution in [0.1, 0.15) is 63.7 Å². The zero-order chi connectivity index (χ0) is 24.1. The van der Waals surface area contributed by atoms with Crippen LogP contribution in [0.5, 0.6) is 0 Å². The van der Waals surface area contributed by atoms with Gasteiger partial charge >= 0.3 is 6.09 Å². The van der Waals surface area contributed by atoms with Crippen molar-refractivity contribution in [3.63, 3.8) is 0 Å². The fourth-order valence-corrected chi connectivity index (χ4v) is 3.34. The van der Waals surface area contributed by atoms with Crippen molar-refractivity contribution >= 4 is 29.5 Å². The lowest BCUT2D eigenvalue weighted by Crippen LogP contribution is -2.50. The summed E-state index contributed by atoms with van der Waals surface area (Å²) in [5.41, 5.74) is 10.1. The minimum absolute atomic E-state index is 0.179. The molecule has 7 N–H and O–H groups in total. The first-order valence-corrected chi connectivity index (χ1v) is 10.4. The molecule has 2 rings (SSSR count). The standard InChI is InChI=1S/C21H31FN6O4/c1-11(23)9-16(29)27-18-12(17(24)30)10-13(22)19(28-18)25-14-7-5-6-8-15(14)26-20(31)32-21(2,3)4/h9-10,14-15H,5-8,23H2,1-4H3,(H2,24,30)(H,26,31)(H2,25,27,28,29)/t14-,15+/m1/s1. The molecule has 0 bridgehead atoms. The lowest BCUT2D eigenvalue weighted by molar-refractivity contribution is -0.112. The second kappa shape index (κ2) is 10.3. The number of alkyl carbamates (subject to hydrolysis) is 1. The minimum Gasteiger partial charge on any atom is -0.444 e. The Morgan fingerprint density at radius 1 is 1.16 bits per heavy atom. The lowest BCUT2D eigenvalue weighted by atomic mass is 9.90. The van der Waals surface area contributed by atoms with E-state index < -0.39 is 29.3 Å². The van der Waals surface area contributed by atoms with Crippen LogP contribution < -0.4 is 27.4 Å². The van der Waals surface area contributed by atoms with E-state index in [1.807, 2.05) is 0 Å². The Morgan fingerprint density at radius 2 is 1.78 bits per heavy atom. The van der Waals surface area contributed by atoms with E-state index in [0.717, 1.165) is 25.0 Å². The quantitative estimate of drug-likeness (QED) is 0.416. The van der Waals surface area contributed by atoms with Crippen LogP contribution in [-0.4, -0.2) is 40.6 Å². The Bertz CT molecular complexity index is 908. The van der Waals surface area contributed by atoms with E-state index in [-0.39, 0.29) is 35.0 Å². The third kappa shape index (κ3) is 7.40. The average molecular weight is 451 g/mol. The number of nitrogens with one attached hydrogen (secondary N) is 3. The van der Waals surface area contributed by atoms with E-state index in [9.17, 15) is 18.8 Å². The van der Waals surface area contributed by atoms with Crippen molar-refractivity contribution in [3.05, 3.63) is 29.2 Å². The van der Waals surface area contributed by atoms with Gasteiger partial charge in [-0.1, -0.05) is 12.8 Å². The summed E-state index contributed by atoms with van der Waals surface area (Å²) in [5.74, 6) is -2.78. The molecule has 0 aliphatic heterocycles. The monoisotopic (exact) mass is 450 g/mol. The van der Waals surface area contributed by atoms with Crippen LogP contribution in [0.3, 0.4) is 0 Å². The normalized spacial score (nSPS) is 19.1. The third-order valence-corrected chi connectivity index (χ3v) is 4.63. The van der Waals surface area contributed by atoms with Crippen molar-refractivity contribution in [1.29, 1.82) is 0 Å². The van der Waals surface area contributed by atoms with Crippen molar-refractivity contribution in [3.8, 4) is 0 Å². The molecular formula is C21H31FN6O4. The van der Waals surface area contributed by atoms with Crippen LogP contribution in [0.25, 0.3) is 0 Å². The molecule has 0 saturated heterocycles. The van der Waals surface area contributed by atoms with Gasteiger partial charge in [-0.05, 0) is 46.6 Å². The van der Waals surface area contributed by atoms with E-state index in [1.54, 1.807) is 20.8 Å². The minimum atomic E-state index is -0.950. The number of primary amides is 1. The number of ether oxygens (including phenoxy) is 1. The molecule has 176 valence electrons.